The number of aliphatic hydroxyl groups excluding tert-OH is 1. The van der Waals surface area contributed by atoms with Crippen LogP contribution in [0.4, 0.5) is 5.69 Å². The fourth-order valence-electron chi connectivity index (χ4n) is 2.81. The minimum atomic E-state index is -0.924. The van der Waals surface area contributed by atoms with Gasteiger partial charge in [0, 0.05) is 3.57 Å². The molecule has 1 amide bonds. The molecular weight excluding hydrogens is 419 g/mol. The van der Waals surface area contributed by atoms with Gasteiger partial charge in [0.05, 0.1) is 23.5 Å². The lowest BCUT2D eigenvalue weighted by Gasteiger charge is -2.10. The van der Waals surface area contributed by atoms with Gasteiger partial charge in [-0.05, 0) is 46.4 Å². The van der Waals surface area contributed by atoms with E-state index in [0.717, 1.165) is 9.26 Å². The van der Waals surface area contributed by atoms with Crippen molar-refractivity contribution in [3.05, 3.63) is 69.1 Å². The Morgan fingerprint density at radius 3 is 2.79 bits per heavy atom. The van der Waals surface area contributed by atoms with Gasteiger partial charge in [-0.25, -0.2) is 4.68 Å². The highest BCUT2D eigenvalue weighted by molar-refractivity contribution is 14.1. The van der Waals surface area contributed by atoms with Crippen LogP contribution in [0, 0.1) is 3.57 Å². The Balaban J connectivity index is 1.87. The zero-order chi connectivity index (χ0) is 16.7. The van der Waals surface area contributed by atoms with Crippen molar-refractivity contribution in [3.63, 3.8) is 0 Å². The van der Waals surface area contributed by atoms with Gasteiger partial charge in [0.2, 0.25) is 5.91 Å². The van der Waals surface area contributed by atoms with Crippen molar-refractivity contribution in [3.8, 4) is 5.69 Å². The number of hydrogen-bond donors (Lipinski definition) is 2. The molecule has 0 saturated heterocycles. The monoisotopic (exact) mass is 432 g/mol. The highest BCUT2D eigenvalue weighted by Gasteiger charge is 2.27. The summed E-state index contributed by atoms with van der Waals surface area (Å²) in [6, 6.07) is 14.9. The molecule has 1 atom stereocenters. The maximum atomic E-state index is 12.2. The molecular formula is C17H13IN4O2. The second-order valence-electron chi connectivity index (χ2n) is 5.53. The van der Waals surface area contributed by atoms with Crippen molar-refractivity contribution in [2.75, 3.05) is 5.32 Å². The van der Waals surface area contributed by atoms with Crippen LogP contribution in [0.1, 0.15) is 23.1 Å². The predicted octanol–water partition coefficient (Wildman–Crippen LogP) is 2.45. The molecule has 0 aliphatic carbocycles. The Morgan fingerprint density at radius 1 is 1.21 bits per heavy atom. The lowest BCUT2D eigenvalue weighted by molar-refractivity contribution is -0.115. The van der Waals surface area contributed by atoms with E-state index >= 15 is 0 Å². The fourth-order valence-corrected chi connectivity index (χ4v) is 3.28. The maximum Gasteiger partial charge on any atom is 0.230 e. The molecule has 1 aromatic heterocycles. The molecule has 1 unspecified atom stereocenters. The van der Waals surface area contributed by atoms with E-state index in [-0.39, 0.29) is 12.3 Å². The summed E-state index contributed by atoms with van der Waals surface area (Å²) in [6.45, 7) is 0. The Hall–Kier alpha value is -2.26. The smallest absolute Gasteiger partial charge is 0.230 e. The van der Waals surface area contributed by atoms with E-state index in [2.05, 4.69) is 38.2 Å². The number of nitrogens with zero attached hydrogens (tertiary/aromatic N) is 3. The first-order valence-electron chi connectivity index (χ1n) is 7.41. The molecule has 3 aromatic rings. The second-order valence-corrected chi connectivity index (χ2v) is 6.78. The quantitative estimate of drug-likeness (QED) is 0.610. The molecule has 7 heteroatoms. The third-order valence-corrected chi connectivity index (χ3v) is 4.63. The largest absolute Gasteiger partial charge is 0.382 e. The van der Waals surface area contributed by atoms with Crippen molar-refractivity contribution < 1.29 is 9.90 Å². The molecule has 0 spiro atoms. The van der Waals surface area contributed by atoms with Gasteiger partial charge < -0.3 is 10.4 Å². The number of halogens is 1. The zero-order valence-corrected chi connectivity index (χ0v) is 14.6. The van der Waals surface area contributed by atoms with Gasteiger partial charge in [0.15, 0.2) is 0 Å². The predicted molar refractivity (Wildman–Crippen MR) is 96.9 cm³/mol. The first-order valence-corrected chi connectivity index (χ1v) is 8.48. The number of benzene rings is 2. The molecule has 24 heavy (non-hydrogen) atoms. The van der Waals surface area contributed by atoms with Gasteiger partial charge >= 0.3 is 0 Å². The summed E-state index contributed by atoms with van der Waals surface area (Å²) in [5.41, 5.74) is 3.16. The zero-order valence-electron chi connectivity index (χ0n) is 12.5. The molecule has 2 N–H and O–H groups in total. The molecule has 1 aliphatic heterocycles. The highest BCUT2D eigenvalue weighted by atomic mass is 127. The van der Waals surface area contributed by atoms with E-state index in [1.54, 1.807) is 4.68 Å². The lowest BCUT2D eigenvalue weighted by Crippen LogP contribution is -2.14. The number of aliphatic hydroxyl groups is 1. The van der Waals surface area contributed by atoms with E-state index in [1.807, 2.05) is 48.5 Å². The maximum absolute atomic E-state index is 12.2. The Bertz CT molecular complexity index is 924. The molecule has 0 radical (unpaired) electrons. The van der Waals surface area contributed by atoms with Crippen LogP contribution in [0.25, 0.3) is 5.69 Å². The summed E-state index contributed by atoms with van der Waals surface area (Å²) in [5, 5.41) is 21.9. The normalized spacial score (nSPS) is 14.3. The van der Waals surface area contributed by atoms with E-state index < -0.39 is 6.10 Å². The van der Waals surface area contributed by atoms with Crippen LogP contribution in [-0.4, -0.2) is 26.0 Å². The standard InChI is InChI=1S/C17H13IN4O2/c18-11-6-7-12-13(8-11)22-14(9-15(23)19-12)16(20-21-22)17(24)10-4-2-1-3-5-10/h1-8,17,24H,9H2,(H,19,23). The number of nitrogens with one attached hydrogen (secondary N) is 1. The Kier molecular flexibility index (Phi) is 3.81. The summed E-state index contributed by atoms with van der Waals surface area (Å²) in [4.78, 5) is 12.2. The fraction of sp³-hybridized carbons (Fsp3) is 0.118. The van der Waals surface area contributed by atoms with Crippen molar-refractivity contribution in [1.29, 1.82) is 0 Å². The number of amides is 1. The van der Waals surface area contributed by atoms with Crippen LogP contribution in [0.3, 0.4) is 0 Å². The summed E-state index contributed by atoms with van der Waals surface area (Å²) in [5.74, 6) is -0.153. The van der Waals surface area contributed by atoms with Crippen LogP contribution in [0.2, 0.25) is 0 Å². The minimum absolute atomic E-state index is 0.109. The SMILES string of the molecule is O=C1Cc2c(C(O)c3ccccc3)nnn2-c2cc(I)ccc2N1. The molecule has 120 valence electrons. The van der Waals surface area contributed by atoms with Gasteiger partial charge in [-0.3, -0.25) is 4.79 Å². The molecule has 2 aromatic carbocycles. The van der Waals surface area contributed by atoms with Crippen LogP contribution in [-0.2, 0) is 11.2 Å². The highest BCUT2D eigenvalue weighted by Crippen LogP contribution is 2.30. The van der Waals surface area contributed by atoms with E-state index in [1.165, 1.54) is 0 Å². The summed E-state index contributed by atoms with van der Waals surface area (Å²) >= 11 is 2.21. The van der Waals surface area contributed by atoms with Gasteiger partial charge in [-0.2, -0.15) is 0 Å². The molecule has 2 heterocycles. The average Bonchev–Trinajstić information content (AvgIpc) is 2.94. The average molecular weight is 432 g/mol. The second kappa shape index (κ2) is 5.99. The number of fused-ring (bicyclic) bond motifs is 3. The minimum Gasteiger partial charge on any atom is -0.382 e. The van der Waals surface area contributed by atoms with Crippen molar-refractivity contribution in [2.45, 2.75) is 12.5 Å². The summed E-state index contributed by atoms with van der Waals surface area (Å²) in [6.07, 6.45) is -0.815. The van der Waals surface area contributed by atoms with Crippen LogP contribution in [0.5, 0.6) is 0 Å². The molecule has 6 nitrogen and oxygen atoms in total. The van der Waals surface area contributed by atoms with Gasteiger partial charge in [-0.1, -0.05) is 35.5 Å². The third-order valence-electron chi connectivity index (χ3n) is 3.96. The van der Waals surface area contributed by atoms with Crippen molar-refractivity contribution in [2.24, 2.45) is 0 Å². The van der Waals surface area contributed by atoms with Crippen LogP contribution in [0.15, 0.2) is 48.5 Å². The lowest BCUT2D eigenvalue weighted by atomic mass is 10.0. The van der Waals surface area contributed by atoms with Gasteiger partial charge in [0.25, 0.3) is 0 Å². The van der Waals surface area contributed by atoms with E-state index in [4.69, 9.17) is 0 Å². The van der Waals surface area contributed by atoms with Crippen LogP contribution >= 0.6 is 22.6 Å². The molecule has 0 fully saturated rings. The van der Waals surface area contributed by atoms with Gasteiger partial charge in [0.1, 0.15) is 11.8 Å². The number of aromatic nitrogens is 3. The number of carbonyl (C=O) groups excluding carboxylic acids is 1. The topological polar surface area (TPSA) is 80.0 Å². The number of anilines is 1. The summed E-state index contributed by atoms with van der Waals surface area (Å²) < 4.78 is 2.66. The van der Waals surface area contributed by atoms with Gasteiger partial charge in [-0.15, -0.1) is 5.10 Å². The number of carbonyl (C=O) groups is 1. The summed E-state index contributed by atoms with van der Waals surface area (Å²) in [7, 11) is 0. The number of hydrogen-bond acceptors (Lipinski definition) is 4. The Labute approximate surface area is 151 Å². The van der Waals surface area contributed by atoms with Crippen LogP contribution < -0.4 is 5.32 Å². The van der Waals surface area contributed by atoms with Crippen molar-refractivity contribution >= 4 is 34.2 Å². The van der Waals surface area contributed by atoms with E-state index in [0.29, 0.717) is 22.6 Å². The van der Waals surface area contributed by atoms with E-state index in [9.17, 15) is 9.90 Å². The molecule has 0 saturated carbocycles. The first kappa shape index (κ1) is 15.3. The molecule has 0 bridgehead atoms. The molecule has 4 rings (SSSR count). The first-order chi connectivity index (χ1) is 11.6. The van der Waals surface area contributed by atoms with Crippen molar-refractivity contribution in [1.82, 2.24) is 15.0 Å². The number of rotatable bonds is 2. The molecule has 1 aliphatic rings. The third kappa shape index (κ3) is 2.59. The Morgan fingerprint density at radius 2 is 2.00 bits per heavy atom.